The number of hydrogen-bond donors (Lipinski definition) is 1. The van der Waals surface area contributed by atoms with Crippen molar-refractivity contribution in [2.24, 2.45) is 0 Å². The normalized spacial score (nSPS) is 12.9. The van der Waals surface area contributed by atoms with Crippen molar-refractivity contribution in [1.29, 1.82) is 0 Å². The molecule has 0 saturated heterocycles. The molecule has 0 bridgehead atoms. The van der Waals surface area contributed by atoms with Gasteiger partial charge in [0, 0.05) is 33.7 Å². The summed E-state index contributed by atoms with van der Waals surface area (Å²) in [5, 5.41) is 4.13. The molecule has 1 N–H and O–H groups in total. The zero-order chi connectivity index (χ0) is 13.2. The summed E-state index contributed by atoms with van der Waals surface area (Å²) in [6.45, 7) is 1.52. The van der Waals surface area contributed by atoms with Gasteiger partial charge in [0.05, 0.1) is 6.61 Å². The molecule has 2 nitrogen and oxygen atoms in total. The van der Waals surface area contributed by atoms with Gasteiger partial charge in [-0.1, -0.05) is 27.5 Å². The summed E-state index contributed by atoms with van der Waals surface area (Å²) in [5.74, 6) is 1.03. The van der Waals surface area contributed by atoms with Gasteiger partial charge in [-0.25, -0.2) is 0 Å². The summed E-state index contributed by atoms with van der Waals surface area (Å²) in [5.41, 5.74) is 3.51. The molecule has 1 heterocycles. The Bertz CT molecular complexity index is 598. The van der Waals surface area contributed by atoms with Crippen LogP contribution in [0.1, 0.15) is 11.1 Å². The Balaban J connectivity index is 1.78. The van der Waals surface area contributed by atoms with Gasteiger partial charge in [-0.15, -0.1) is 0 Å². The van der Waals surface area contributed by atoms with Crippen molar-refractivity contribution in [3.8, 4) is 5.75 Å². The fraction of sp³-hybridized carbons (Fsp3) is 0.200. The van der Waals surface area contributed by atoms with Crippen molar-refractivity contribution in [3.05, 3.63) is 57.0 Å². The lowest BCUT2D eigenvalue weighted by atomic mass is 10.1. The first-order chi connectivity index (χ1) is 9.22. The molecule has 0 unspecified atom stereocenters. The zero-order valence-corrected chi connectivity index (χ0v) is 12.6. The maximum absolute atomic E-state index is 5.87. The predicted octanol–water partition coefficient (Wildman–Crippen LogP) is 4.65. The molecule has 0 amide bonds. The molecule has 4 heteroatoms. The molecule has 1 aliphatic heterocycles. The first-order valence-corrected chi connectivity index (χ1v) is 7.33. The maximum Gasteiger partial charge on any atom is 0.127 e. The van der Waals surface area contributed by atoms with Gasteiger partial charge in [0.15, 0.2) is 0 Å². The minimum Gasteiger partial charge on any atom is -0.493 e. The number of benzene rings is 2. The monoisotopic (exact) mass is 337 g/mol. The molecule has 0 aromatic heterocycles. The van der Waals surface area contributed by atoms with Crippen molar-refractivity contribution in [2.45, 2.75) is 13.0 Å². The highest BCUT2D eigenvalue weighted by atomic mass is 79.9. The van der Waals surface area contributed by atoms with Crippen LogP contribution < -0.4 is 10.1 Å². The molecule has 0 saturated carbocycles. The fourth-order valence-electron chi connectivity index (χ4n) is 2.24. The van der Waals surface area contributed by atoms with Crippen molar-refractivity contribution in [1.82, 2.24) is 0 Å². The third-order valence-electron chi connectivity index (χ3n) is 3.15. The lowest BCUT2D eigenvalue weighted by molar-refractivity contribution is 0.354. The van der Waals surface area contributed by atoms with Crippen molar-refractivity contribution in [3.63, 3.8) is 0 Å². The van der Waals surface area contributed by atoms with Crippen LogP contribution >= 0.6 is 27.5 Å². The lowest BCUT2D eigenvalue weighted by Gasteiger charge is -2.11. The van der Waals surface area contributed by atoms with Gasteiger partial charge in [-0.2, -0.15) is 0 Å². The Morgan fingerprint density at radius 2 is 2.00 bits per heavy atom. The van der Waals surface area contributed by atoms with Crippen molar-refractivity contribution >= 4 is 33.2 Å². The minimum atomic E-state index is 0.739. The topological polar surface area (TPSA) is 21.3 Å². The molecule has 0 fully saturated rings. The van der Waals surface area contributed by atoms with Gasteiger partial charge in [0.1, 0.15) is 5.75 Å². The van der Waals surface area contributed by atoms with E-state index >= 15 is 0 Å². The van der Waals surface area contributed by atoms with E-state index in [1.54, 1.807) is 0 Å². The Morgan fingerprint density at radius 1 is 1.21 bits per heavy atom. The van der Waals surface area contributed by atoms with E-state index in [1.807, 2.05) is 24.3 Å². The molecule has 0 atom stereocenters. The van der Waals surface area contributed by atoms with Crippen molar-refractivity contribution < 1.29 is 4.74 Å². The molecule has 98 valence electrons. The summed E-state index contributed by atoms with van der Waals surface area (Å²) in [6, 6.07) is 11.9. The summed E-state index contributed by atoms with van der Waals surface area (Å²) < 4.78 is 6.81. The largest absolute Gasteiger partial charge is 0.493 e. The number of hydrogen-bond acceptors (Lipinski definition) is 2. The fourth-order valence-corrected chi connectivity index (χ4v) is 2.92. The molecule has 1 aliphatic rings. The SMILES string of the molecule is Clc1ccc(NCc2cc(Br)cc3c2OCC3)cc1. The predicted molar refractivity (Wildman–Crippen MR) is 82.1 cm³/mol. The van der Waals surface area contributed by atoms with Crippen LogP contribution in [-0.4, -0.2) is 6.61 Å². The molecule has 3 rings (SSSR count). The number of fused-ring (bicyclic) bond motifs is 1. The van der Waals surface area contributed by atoms with Crippen LogP contribution in [0.5, 0.6) is 5.75 Å². The maximum atomic E-state index is 5.87. The van der Waals surface area contributed by atoms with Gasteiger partial charge in [-0.05, 0) is 42.0 Å². The second-order valence-corrected chi connectivity index (χ2v) is 5.86. The zero-order valence-electron chi connectivity index (χ0n) is 10.2. The highest BCUT2D eigenvalue weighted by Gasteiger charge is 2.17. The average Bonchev–Trinajstić information content (AvgIpc) is 2.85. The molecule has 0 aliphatic carbocycles. The third kappa shape index (κ3) is 2.88. The molecular formula is C15H13BrClNO. The highest BCUT2D eigenvalue weighted by molar-refractivity contribution is 9.10. The molecule has 2 aromatic rings. The third-order valence-corrected chi connectivity index (χ3v) is 3.86. The number of rotatable bonds is 3. The van der Waals surface area contributed by atoms with Crippen LogP contribution in [0.3, 0.4) is 0 Å². The molecule has 19 heavy (non-hydrogen) atoms. The van der Waals surface area contributed by atoms with E-state index in [9.17, 15) is 0 Å². The van der Waals surface area contributed by atoms with Crippen LogP contribution in [0.25, 0.3) is 0 Å². The lowest BCUT2D eigenvalue weighted by Crippen LogP contribution is -2.01. The first-order valence-electron chi connectivity index (χ1n) is 6.16. The van der Waals surface area contributed by atoms with E-state index in [0.717, 1.165) is 40.5 Å². The summed E-state index contributed by atoms with van der Waals surface area (Å²) in [7, 11) is 0. The number of nitrogens with one attached hydrogen (secondary N) is 1. The number of anilines is 1. The van der Waals surface area contributed by atoms with E-state index < -0.39 is 0 Å². The van der Waals surface area contributed by atoms with E-state index in [2.05, 4.69) is 33.4 Å². The molecule has 2 aromatic carbocycles. The van der Waals surface area contributed by atoms with Crippen LogP contribution in [0.4, 0.5) is 5.69 Å². The van der Waals surface area contributed by atoms with Crippen LogP contribution in [0.2, 0.25) is 5.02 Å². The van der Waals surface area contributed by atoms with Crippen molar-refractivity contribution in [2.75, 3.05) is 11.9 Å². The first kappa shape index (κ1) is 12.8. The van der Waals surface area contributed by atoms with Gasteiger partial charge in [0.2, 0.25) is 0 Å². The van der Waals surface area contributed by atoms with Gasteiger partial charge >= 0.3 is 0 Å². The average molecular weight is 339 g/mol. The number of ether oxygens (including phenoxy) is 1. The Hall–Kier alpha value is -1.19. The second-order valence-electron chi connectivity index (χ2n) is 4.51. The van der Waals surface area contributed by atoms with E-state index in [1.165, 1.54) is 11.1 Å². The van der Waals surface area contributed by atoms with Crippen LogP contribution in [-0.2, 0) is 13.0 Å². The smallest absolute Gasteiger partial charge is 0.127 e. The Morgan fingerprint density at radius 3 is 2.79 bits per heavy atom. The highest BCUT2D eigenvalue weighted by Crippen LogP contribution is 2.33. The molecule has 0 radical (unpaired) electrons. The van der Waals surface area contributed by atoms with Crippen LogP contribution in [0, 0.1) is 0 Å². The number of halogens is 2. The summed E-state index contributed by atoms with van der Waals surface area (Å²) >= 11 is 9.42. The van der Waals surface area contributed by atoms with Gasteiger partial charge in [-0.3, -0.25) is 0 Å². The van der Waals surface area contributed by atoms with Crippen LogP contribution in [0.15, 0.2) is 40.9 Å². The van der Waals surface area contributed by atoms with E-state index in [0.29, 0.717) is 0 Å². The molecule has 0 spiro atoms. The van der Waals surface area contributed by atoms with Gasteiger partial charge < -0.3 is 10.1 Å². The Labute approximate surface area is 125 Å². The minimum absolute atomic E-state index is 0.739. The quantitative estimate of drug-likeness (QED) is 0.879. The van der Waals surface area contributed by atoms with E-state index in [-0.39, 0.29) is 0 Å². The van der Waals surface area contributed by atoms with Gasteiger partial charge in [0.25, 0.3) is 0 Å². The standard InChI is InChI=1S/C15H13BrClNO/c16-12-7-10-5-6-19-15(10)11(8-12)9-18-14-3-1-13(17)2-4-14/h1-4,7-8,18H,5-6,9H2. The molecular weight excluding hydrogens is 326 g/mol. The summed E-state index contributed by atoms with van der Waals surface area (Å²) in [6.07, 6.45) is 0.989. The van der Waals surface area contributed by atoms with E-state index in [4.69, 9.17) is 16.3 Å². The Kier molecular flexibility index (Phi) is 3.67. The summed E-state index contributed by atoms with van der Waals surface area (Å²) in [4.78, 5) is 0. The second kappa shape index (κ2) is 5.43.